The van der Waals surface area contributed by atoms with E-state index in [-0.39, 0.29) is 12.2 Å². The van der Waals surface area contributed by atoms with Crippen molar-refractivity contribution in [1.82, 2.24) is 10.1 Å². The molecule has 1 aliphatic heterocycles. The molecule has 1 fully saturated rings. The first kappa shape index (κ1) is 12.5. The summed E-state index contributed by atoms with van der Waals surface area (Å²) in [5.41, 5.74) is 5.57. The molecule has 1 aliphatic rings. The fourth-order valence-electron chi connectivity index (χ4n) is 1.98. The van der Waals surface area contributed by atoms with Crippen LogP contribution in [0.2, 0.25) is 0 Å². The van der Waals surface area contributed by atoms with E-state index in [1.807, 2.05) is 0 Å². The zero-order valence-electron chi connectivity index (χ0n) is 10.6. The van der Waals surface area contributed by atoms with Gasteiger partial charge in [-0.3, -0.25) is 0 Å². The Bertz CT molecular complexity index is 351. The fraction of sp³-hybridized carbons (Fsp3) is 0.833. The average molecular weight is 239 g/mol. The standard InChI is InChI=1S/C12H21N3O2/c1-8(2)3-6-11-14-12(17-15-11)10-5-4-9(7-13)16-10/h8-10H,3-7,13H2,1-2H3. The minimum Gasteiger partial charge on any atom is -0.364 e. The summed E-state index contributed by atoms with van der Waals surface area (Å²) in [6.45, 7) is 4.94. The SMILES string of the molecule is CC(C)CCc1noc(C2CCC(CN)O2)n1. The molecule has 0 amide bonds. The van der Waals surface area contributed by atoms with Crippen molar-refractivity contribution in [2.75, 3.05) is 6.54 Å². The highest BCUT2D eigenvalue weighted by Gasteiger charge is 2.29. The van der Waals surface area contributed by atoms with Gasteiger partial charge >= 0.3 is 0 Å². The van der Waals surface area contributed by atoms with Crippen LogP contribution in [0.5, 0.6) is 0 Å². The molecule has 96 valence electrons. The molecule has 2 atom stereocenters. The van der Waals surface area contributed by atoms with Crippen LogP contribution in [0.15, 0.2) is 4.52 Å². The first-order chi connectivity index (χ1) is 8.19. The Morgan fingerprint density at radius 2 is 2.24 bits per heavy atom. The Kier molecular flexibility index (Phi) is 4.12. The van der Waals surface area contributed by atoms with Crippen molar-refractivity contribution >= 4 is 0 Å². The Morgan fingerprint density at radius 1 is 1.41 bits per heavy atom. The van der Waals surface area contributed by atoms with E-state index >= 15 is 0 Å². The lowest BCUT2D eigenvalue weighted by Crippen LogP contribution is -2.18. The predicted molar refractivity (Wildman–Crippen MR) is 63.4 cm³/mol. The quantitative estimate of drug-likeness (QED) is 0.848. The first-order valence-corrected chi connectivity index (χ1v) is 6.37. The molecule has 0 bridgehead atoms. The van der Waals surface area contributed by atoms with Crippen molar-refractivity contribution in [2.45, 2.75) is 51.7 Å². The summed E-state index contributed by atoms with van der Waals surface area (Å²) < 4.78 is 11.0. The van der Waals surface area contributed by atoms with E-state index in [2.05, 4.69) is 24.0 Å². The summed E-state index contributed by atoms with van der Waals surface area (Å²) >= 11 is 0. The molecule has 5 nitrogen and oxygen atoms in total. The van der Waals surface area contributed by atoms with Gasteiger partial charge in [0.05, 0.1) is 6.10 Å². The summed E-state index contributed by atoms with van der Waals surface area (Å²) in [6, 6.07) is 0. The largest absolute Gasteiger partial charge is 0.364 e. The molecule has 0 saturated carbocycles. The second kappa shape index (κ2) is 5.60. The number of nitrogens with two attached hydrogens (primary N) is 1. The highest BCUT2D eigenvalue weighted by atomic mass is 16.5. The van der Waals surface area contributed by atoms with E-state index in [4.69, 9.17) is 15.0 Å². The number of ether oxygens (including phenoxy) is 1. The monoisotopic (exact) mass is 239 g/mol. The van der Waals surface area contributed by atoms with Gasteiger partial charge in [-0.2, -0.15) is 4.98 Å². The minimum absolute atomic E-state index is 0.0520. The maximum Gasteiger partial charge on any atom is 0.255 e. The molecule has 2 N–H and O–H groups in total. The van der Waals surface area contributed by atoms with Gasteiger partial charge in [-0.25, -0.2) is 0 Å². The van der Waals surface area contributed by atoms with Crippen LogP contribution >= 0.6 is 0 Å². The van der Waals surface area contributed by atoms with Gasteiger partial charge < -0.3 is 15.0 Å². The summed E-state index contributed by atoms with van der Waals surface area (Å²) in [5, 5.41) is 3.99. The Morgan fingerprint density at radius 3 is 2.88 bits per heavy atom. The molecular weight excluding hydrogens is 218 g/mol. The molecule has 1 aromatic heterocycles. The van der Waals surface area contributed by atoms with Crippen LogP contribution < -0.4 is 5.73 Å². The second-order valence-electron chi connectivity index (χ2n) is 5.04. The van der Waals surface area contributed by atoms with E-state index in [9.17, 15) is 0 Å². The van der Waals surface area contributed by atoms with Gasteiger partial charge in [0.25, 0.3) is 5.89 Å². The van der Waals surface area contributed by atoms with Crippen LogP contribution in [0.1, 0.15) is 50.9 Å². The van der Waals surface area contributed by atoms with Crippen LogP contribution in [-0.2, 0) is 11.2 Å². The van der Waals surface area contributed by atoms with Crippen LogP contribution in [0.3, 0.4) is 0 Å². The zero-order valence-corrected chi connectivity index (χ0v) is 10.6. The maximum atomic E-state index is 5.71. The van der Waals surface area contributed by atoms with Gasteiger partial charge in [-0.15, -0.1) is 0 Å². The van der Waals surface area contributed by atoms with Crippen molar-refractivity contribution in [3.05, 3.63) is 11.7 Å². The number of nitrogens with zero attached hydrogens (tertiary/aromatic N) is 2. The lowest BCUT2D eigenvalue weighted by Gasteiger charge is -2.07. The number of rotatable bonds is 5. The first-order valence-electron chi connectivity index (χ1n) is 6.37. The fourth-order valence-corrected chi connectivity index (χ4v) is 1.98. The van der Waals surface area contributed by atoms with Crippen LogP contribution in [-0.4, -0.2) is 22.8 Å². The molecular formula is C12H21N3O2. The highest BCUT2D eigenvalue weighted by Crippen LogP contribution is 2.31. The third kappa shape index (κ3) is 3.26. The van der Waals surface area contributed by atoms with Gasteiger partial charge in [0, 0.05) is 13.0 Å². The zero-order chi connectivity index (χ0) is 12.3. The minimum atomic E-state index is -0.0520. The van der Waals surface area contributed by atoms with Crippen LogP contribution in [0.25, 0.3) is 0 Å². The van der Waals surface area contributed by atoms with E-state index in [0.29, 0.717) is 18.4 Å². The van der Waals surface area contributed by atoms with Gasteiger partial charge in [-0.05, 0) is 25.2 Å². The number of aromatic nitrogens is 2. The van der Waals surface area contributed by atoms with Crippen molar-refractivity contribution in [3.8, 4) is 0 Å². The summed E-state index contributed by atoms with van der Waals surface area (Å²) in [7, 11) is 0. The molecule has 1 aromatic rings. The average Bonchev–Trinajstić information content (AvgIpc) is 2.94. The van der Waals surface area contributed by atoms with Crippen LogP contribution in [0, 0.1) is 5.92 Å². The van der Waals surface area contributed by atoms with E-state index in [1.54, 1.807) is 0 Å². The lowest BCUT2D eigenvalue weighted by atomic mass is 10.1. The van der Waals surface area contributed by atoms with E-state index < -0.39 is 0 Å². The van der Waals surface area contributed by atoms with Crippen molar-refractivity contribution in [3.63, 3.8) is 0 Å². The number of hydrogen-bond donors (Lipinski definition) is 1. The molecule has 2 rings (SSSR count). The van der Waals surface area contributed by atoms with E-state index in [0.717, 1.165) is 31.5 Å². The van der Waals surface area contributed by atoms with Gasteiger partial charge in [0.15, 0.2) is 5.82 Å². The highest BCUT2D eigenvalue weighted by molar-refractivity contribution is 4.93. The molecule has 0 aromatic carbocycles. The molecule has 17 heavy (non-hydrogen) atoms. The smallest absolute Gasteiger partial charge is 0.255 e. The predicted octanol–water partition coefficient (Wildman–Crippen LogP) is 1.84. The summed E-state index contributed by atoms with van der Waals surface area (Å²) in [4.78, 5) is 4.39. The van der Waals surface area contributed by atoms with Crippen molar-refractivity contribution in [2.24, 2.45) is 11.7 Å². The third-order valence-corrected chi connectivity index (χ3v) is 3.07. The number of hydrogen-bond acceptors (Lipinski definition) is 5. The molecule has 5 heteroatoms. The molecule has 0 aliphatic carbocycles. The van der Waals surface area contributed by atoms with Gasteiger partial charge in [0.2, 0.25) is 0 Å². The Balaban J connectivity index is 1.90. The van der Waals surface area contributed by atoms with Gasteiger partial charge in [-0.1, -0.05) is 19.0 Å². The van der Waals surface area contributed by atoms with Crippen LogP contribution in [0.4, 0.5) is 0 Å². The molecule has 1 saturated heterocycles. The molecule has 2 heterocycles. The Labute approximate surface area is 102 Å². The molecule has 0 spiro atoms. The van der Waals surface area contributed by atoms with Crippen molar-refractivity contribution in [1.29, 1.82) is 0 Å². The molecule has 2 unspecified atom stereocenters. The van der Waals surface area contributed by atoms with E-state index in [1.165, 1.54) is 0 Å². The number of aryl methyl sites for hydroxylation is 1. The lowest BCUT2D eigenvalue weighted by molar-refractivity contribution is 0.0307. The molecule has 0 radical (unpaired) electrons. The second-order valence-corrected chi connectivity index (χ2v) is 5.04. The van der Waals surface area contributed by atoms with Gasteiger partial charge in [0.1, 0.15) is 6.10 Å². The van der Waals surface area contributed by atoms with Crippen molar-refractivity contribution < 1.29 is 9.26 Å². The third-order valence-electron chi connectivity index (χ3n) is 3.07. The summed E-state index contributed by atoms with van der Waals surface area (Å²) in [6.07, 6.45) is 3.94. The maximum absolute atomic E-state index is 5.71. The Hall–Kier alpha value is -0.940. The normalized spacial score (nSPS) is 24.7. The summed E-state index contributed by atoms with van der Waals surface area (Å²) in [5.74, 6) is 2.05. The topological polar surface area (TPSA) is 74.2 Å².